The van der Waals surface area contributed by atoms with E-state index in [4.69, 9.17) is 0 Å². The Bertz CT molecular complexity index is 503. The van der Waals surface area contributed by atoms with Gasteiger partial charge in [0.1, 0.15) is 0 Å². The molecule has 2 fully saturated rings. The molecule has 0 unspecified atom stereocenters. The Labute approximate surface area is 132 Å². The average Bonchev–Trinajstić information content (AvgIpc) is 2.82. The lowest BCUT2D eigenvalue weighted by molar-refractivity contribution is 0.0611. The minimum absolute atomic E-state index is 0.316. The standard InChI is InChI=1S/C18H27NOS/c1-14-12-16(15(2)21-14)17(20)13-19-10-8-18(9-11-19)6-4-3-5-7-18/h12H,3-11,13H2,1-2H3. The van der Waals surface area contributed by atoms with E-state index >= 15 is 0 Å². The highest BCUT2D eigenvalue weighted by atomic mass is 32.1. The van der Waals surface area contributed by atoms with Crippen LogP contribution in [0, 0.1) is 19.3 Å². The molecule has 1 aromatic heterocycles. The summed E-state index contributed by atoms with van der Waals surface area (Å²) in [6.45, 7) is 7.01. The zero-order valence-electron chi connectivity index (χ0n) is 13.4. The quantitative estimate of drug-likeness (QED) is 0.761. The number of rotatable bonds is 3. The Kier molecular flexibility index (Phi) is 4.51. The largest absolute Gasteiger partial charge is 0.296 e. The molecule has 1 spiro atoms. The van der Waals surface area contributed by atoms with Crippen molar-refractivity contribution >= 4 is 17.1 Å². The molecule has 0 bridgehead atoms. The van der Waals surface area contributed by atoms with Gasteiger partial charge in [-0.15, -0.1) is 11.3 Å². The van der Waals surface area contributed by atoms with Crippen molar-refractivity contribution in [2.45, 2.75) is 58.8 Å². The van der Waals surface area contributed by atoms with Gasteiger partial charge in [0.25, 0.3) is 0 Å². The smallest absolute Gasteiger partial charge is 0.177 e. The third-order valence-electron chi connectivity index (χ3n) is 5.54. The molecule has 0 N–H and O–H groups in total. The van der Waals surface area contributed by atoms with Gasteiger partial charge < -0.3 is 0 Å². The molecular weight excluding hydrogens is 278 g/mol. The molecule has 116 valence electrons. The first kappa shape index (κ1) is 15.2. The Morgan fingerprint density at radius 3 is 2.38 bits per heavy atom. The second-order valence-electron chi connectivity index (χ2n) is 7.09. The minimum Gasteiger partial charge on any atom is -0.296 e. The first-order chi connectivity index (χ1) is 10.1. The number of likely N-dealkylation sites (tertiary alicyclic amines) is 1. The Morgan fingerprint density at radius 2 is 1.81 bits per heavy atom. The lowest BCUT2D eigenvalue weighted by atomic mass is 9.68. The van der Waals surface area contributed by atoms with Gasteiger partial charge in [-0.05, 0) is 64.1 Å². The number of hydrogen-bond donors (Lipinski definition) is 0. The van der Waals surface area contributed by atoms with Gasteiger partial charge in [-0.1, -0.05) is 19.3 Å². The summed E-state index contributed by atoms with van der Waals surface area (Å²) in [5.41, 5.74) is 1.59. The maximum absolute atomic E-state index is 12.5. The van der Waals surface area contributed by atoms with Crippen LogP contribution in [-0.2, 0) is 0 Å². The van der Waals surface area contributed by atoms with E-state index in [1.165, 1.54) is 54.7 Å². The van der Waals surface area contributed by atoms with Gasteiger partial charge in [0, 0.05) is 15.3 Å². The van der Waals surface area contributed by atoms with Crippen LogP contribution in [0.2, 0.25) is 0 Å². The summed E-state index contributed by atoms with van der Waals surface area (Å²) >= 11 is 1.74. The number of ketones is 1. The van der Waals surface area contributed by atoms with Crippen molar-refractivity contribution in [3.8, 4) is 0 Å². The second-order valence-corrected chi connectivity index (χ2v) is 8.55. The SMILES string of the molecule is Cc1cc(C(=O)CN2CCC3(CCCCC3)CC2)c(C)s1. The van der Waals surface area contributed by atoms with Crippen molar-refractivity contribution in [3.05, 3.63) is 21.4 Å². The van der Waals surface area contributed by atoms with Crippen molar-refractivity contribution in [2.75, 3.05) is 19.6 Å². The fourth-order valence-electron chi connectivity index (χ4n) is 4.18. The van der Waals surface area contributed by atoms with Gasteiger partial charge in [-0.3, -0.25) is 9.69 Å². The molecule has 1 saturated carbocycles. The van der Waals surface area contributed by atoms with Gasteiger partial charge in [0.2, 0.25) is 0 Å². The third kappa shape index (κ3) is 3.40. The fraction of sp³-hybridized carbons (Fsp3) is 0.722. The summed E-state index contributed by atoms with van der Waals surface area (Å²) in [7, 11) is 0. The summed E-state index contributed by atoms with van der Waals surface area (Å²) in [5, 5.41) is 0. The average molecular weight is 305 g/mol. The summed E-state index contributed by atoms with van der Waals surface area (Å²) < 4.78 is 0. The second kappa shape index (κ2) is 6.21. The molecule has 1 saturated heterocycles. The fourth-order valence-corrected chi connectivity index (χ4v) is 5.13. The topological polar surface area (TPSA) is 20.3 Å². The van der Waals surface area contributed by atoms with Crippen molar-refractivity contribution in [1.29, 1.82) is 0 Å². The molecule has 2 aliphatic rings. The predicted octanol–water partition coefficient (Wildman–Crippen LogP) is 4.59. The number of hydrogen-bond acceptors (Lipinski definition) is 3. The van der Waals surface area contributed by atoms with E-state index in [1.807, 2.05) is 0 Å². The van der Waals surface area contributed by atoms with Crippen molar-refractivity contribution in [1.82, 2.24) is 4.90 Å². The lowest BCUT2D eigenvalue weighted by Gasteiger charge is -2.44. The zero-order chi connectivity index (χ0) is 14.9. The first-order valence-electron chi connectivity index (χ1n) is 8.41. The van der Waals surface area contributed by atoms with E-state index in [2.05, 4.69) is 24.8 Å². The first-order valence-corrected chi connectivity index (χ1v) is 9.22. The number of thiophene rings is 1. The van der Waals surface area contributed by atoms with Crippen molar-refractivity contribution in [2.24, 2.45) is 5.41 Å². The van der Waals surface area contributed by atoms with Crippen LogP contribution >= 0.6 is 11.3 Å². The molecule has 0 atom stereocenters. The van der Waals surface area contributed by atoms with Crippen LogP contribution in [0.3, 0.4) is 0 Å². The molecule has 2 nitrogen and oxygen atoms in total. The summed E-state index contributed by atoms with van der Waals surface area (Å²) in [5.74, 6) is 0.316. The summed E-state index contributed by atoms with van der Waals surface area (Å²) in [6.07, 6.45) is 9.75. The highest BCUT2D eigenvalue weighted by Gasteiger charge is 2.35. The number of carbonyl (C=O) groups excluding carboxylic acids is 1. The van der Waals surface area contributed by atoms with E-state index in [0.29, 0.717) is 17.7 Å². The number of nitrogens with zero attached hydrogens (tertiary/aromatic N) is 1. The maximum atomic E-state index is 12.5. The van der Waals surface area contributed by atoms with Crippen LogP contribution in [-0.4, -0.2) is 30.3 Å². The molecule has 0 radical (unpaired) electrons. The molecular formula is C18H27NOS. The van der Waals surface area contributed by atoms with Crippen LogP contribution < -0.4 is 0 Å². The van der Waals surface area contributed by atoms with E-state index < -0.39 is 0 Å². The zero-order valence-corrected chi connectivity index (χ0v) is 14.2. The van der Waals surface area contributed by atoms with Crippen molar-refractivity contribution in [3.63, 3.8) is 0 Å². The number of carbonyl (C=O) groups is 1. The number of piperidine rings is 1. The maximum Gasteiger partial charge on any atom is 0.177 e. The normalized spacial score (nSPS) is 22.6. The van der Waals surface area contributed by atoms with Crippen LogP contribution in [0.25, 0.3) is 0 Å². The van der Waals surface area contributed by atoms with Gasteiger partial charge in [0.05, 0.1) is 6.54 Å². The Balaban J connectivity index is 1.55. The summed E-state index contributed by atoms with van der Waals surface area (Å²) in [6, 6.07) is 2.06. The van der Waals surface area contributed by atoms with Gasteiger partial charge in [-0.25, -0.2) is 0 Å². The third-order valence-corrected chi connectivity index (χ3v) is 6.51. The molecule has 0 aromatic carbocycles. The Hall–Kier alpha value is -0.670. The van der Waals surface area contributed by atoms with E-state index in [-0.39, 0.29) is 0 Å². The van der Waals surface area contributed by atoms with Crippen LogP contribution in [0.15, 0.2) is 6.07 Å². The van der Waals surface area contributed by atoms with Crippen LogP contribution in [0.4, 0.5) is 0 Å². The Morgan fingerprint density at radius 1 is 1.14 bits per heavy atom. The van der Waals surface area contributed by atoms with E-state index in [9.17, 15) is 4.79 Å². The number of aryl methyl sites for hydroxylation is 2. The van der Waals surface area contributed by atoms with Gasteiger partial charge in [-0.2, -0.15) is 0 Å². The molecule has 0 amide bonds. The van der Waals surface area contributed by atoms with E-state index in [1.54, 1.807) is 11.3 Å². The molecule has 3 rings (SSSR count). The summed E-state index contributed by atoms with van der Waals surface area (Å²) in [4.78, 5) is 17.3. The monoisotopic (exact) mass is 305 g/mol. The number of Topliss-reactive ketones (excluding diaryl/α,β-unsaturated/α-hetero) is 1. The van der Waals surface area contributed by atoms with Crippen LogP contribution in [0.5, 0.6) is 0 Å². The predicted molar refractivity (Wildman–Crippen MR) is 89.3 cm³/mol. The molecule has 21 heavy (non-hydrogen) atoms. The minimum atomic E-state index is 0.316. The highest BCUT2D eigenvalue weighted by molar-refractivity contribution is 7.12. The lowest BCUT2D eigenvalue weighted by Crippen LogP contribution is -2.43. The van der Waals surface area contributed by atoms with Gasteiger partial charge in [0.15, 0.2) is 5.78 Å². The molecule has 1 aromatic rings. The molecule has 1 aliphatic heterocycles. The molecule has 2 heterocycles. The van der Waals surface area contributed by atoms with E-state index in [0.717, 1.165) is 18.7 Å². The highest BCUT2D eigenvalue weighted by Crippen LogP contribution is 2.44. The molecule has 3 heteroatoms. The van der Waals surface area contributed by atoms with Gasteiger partial charge >= 0.3 is 0 Å². The van der Waals surface area contributed by atoms with Crippen molar-refractivity contribution < 1.29 is 4.79 Å². The molecule has 1 aliphatic carbocycles. The van der Waals surface area contributed by atoms with Crippen LogP contribution in [0.1, 0.15) is 65.1 Å².